The van der Waals surface area contributed by atoms with Crippen LogP contribution in [0.3, 0.4) is 0 Å². The summed E-state index contributed by atoms with van der Waals surface area (Å²) in [5, 5.41) is 13.2. The number of hydrogen-bond acceptors (Lipinski definition) is 5. The lowest BCUT2D eigenvalue weighted by atomic mass is 10.1. The van der Waals surface area contributed by atoms with Crippen molar-refractivity contribution in [3.05, 3.63) is 5.69 Å². The number of nitrogen functional groups attached to an aromatic ring is 1. The molecule has 0 bridgehead atoms. The SMILES string of the molecule is CCn1nc(C)c(N)c1N1CCC(OCCO)CC1. The highest BCUT2D eigenvalue weighted by molar-refractivity contribution is 5.66. The first-order valence-corrected chi connectivity index (χ1v) is 6.97. The van der Waals surface area contributed by atoms with Gasteiger partial charge in [0, 0.05) is 19.6 Å². The number of nitrogens with zero attached hydrogens (tertiary/aromatic N) is 3. The second kappa shape index (κ2) is 6.25. The number of aromatic nitrogens is 2. The summed E-state index contributed by atoms with van der Waals surface area (Å²) in [4.78, 5) is 2.29. The van der Waals surface area contributed by atoms with Crippen LogP contribution < -0.4 is 10.6 Å². The summed E-state index contributed by atoms with van der Waals surface area (Å²) in [6, 6.07) is 0. The van der Waals surface area contributed by atoms with E-state index >= 15 is 0 Å². The second-order valence-electron chi connectivity index (χ2n) is 4.92. The van der Waals surface area contributed by atoms with Crippen LogP contribution in [0, 0.1) is 6.92 Å². The van der Waals surface area contributed by atoms with E-state index in [0.717, 1.165) is 49.7 Å². The second-order valence-corrected chi connectivity index (χ2v) is 4.92. The third-order valence-corrected chi connectivity index (χ3v) is 3.63. The fraction of sp³-hybridized carbons (Fsp3) is 0.769. The van der Waals surface area contributed by atoms with Crippen LogP contribution in [0.4, 0.5) is 11.5 Å². The molecule has 1 aromatic rings. The summed E-state index contributed by atoms with van der Waals surface area (Å²) in [6.45, 7) is 7.22. The minimum atomic E-state index is 0.0922. The van der Waals surface area contributed by atoms with Gasteiger partial charge in [0.15, 0.2) is 5.82 Å². The maximum atomic E-state index is 8.77. The van der Waals surface area contributed by atoms with Crippen molar-refractivity contribution in [3.8, 4) is 0 Å². The van der Waals surface area contributed by atoms with Gasteiger partial charge < -0.3 is 20.5 Å². The first-order chi connectivity index (χ1) is 9.17. The predicted octanol–water partition coefficient (Wildman–Crippen LogP) is 0.771. The molecule has 1 aromatic heterocycles. The van der Waals surface area contributed by atoms with Gasteiger partial charge in [-0.05, 0) is 26.7 Å². The Balaban J connectivity index is 2.01. The van der Waals surface area contributed by atoms with Crippen LogP contribution in [0.2, 0.25) is 0 Å². The molecule has 6 heteroatoms. The third kappa shape index (κ3) is 3.01. The summed E-state index contributed by atoms with van der Waals surface area (Å²) in [7, 11) is 0. The number of aliphatic hydroxyl groups is 1. The summed E-state index contributed by atoms with van der Waals surface area (Å²) < 4.78 is 7.55. The first kappa shape index (κ1) is 14.1. The van der Waals surface area contributed by atoms with Crippen molar-refractivity contribution >= 4 is 11.5 Å². The van der Waals surface area contributed by atoms with Gasteiger partial charge in [-0.25, -0.2) is 4.68 Å². The molecule has 0 aromatic carbocycles. The van der Waals surface area contributed by atoms with E-state index in [4.69, 9.17) is 15.6 Å². The molecule has 0 aliphatic carbocycles. The van der Waals surface area contributed by atoms with Crippen LogP contribution in [0.5, 0.6) is 0 Å². The molecule has 6 nitrogen and oxygen atoms in total. The Morgan fingerprint density at radius 1 is 1.42 bits per heavy atom. The Hall–Kier alpha value is -1.27. The van der Waals surface area contributed by atoms with Gasteiger partial charge in [0.25, 0.3) is 0 Å². The monoisotopic (exact) mass is 268 g/mol. The summed E-state index contributed by atoms with van der Waals surface area (Å²) in [5.41, 5.74) is 7.82. The highest BCUT2D eigenvalue weighted by Gasteiger charge is 2.24. The standard InChI is InChI=1S/C13H24N4O2/c1-3-17-13(12(14)10(2)15-17)16-6-4-11(5-7-16)19-9-8-18/h11,18H,3-9,14H2,1-2H3. The lowest BCUT2D eigenvalue weighted by Crippen LogP contribution is -2.38. The molecule has 0 radical (unpaired) electrons. The predicted molar refractivity (Wildman–Crippen MR) is 75.3 cm³/mol. The molecule has 1 saturated heterocycles. The highest BCUT2D eigenvalue weighted by atomic mass is 16.5. The molecule has 2 heterocycles. The zero-order valence-electron chi connectivity index (χ0n) is 11.8. The van der Waals surface area contributed by atoms with Gasteiger partial charge in [0.1, 0.15) is 0 Å². The minimum Gasteiger partial charge on any atom is -0.394 e. The van der Waals surface area contributed by atoms with Crippen LogP contribution in [0.15, 0.2) is 0 Å². The van der Waals surface area contributed by atoms with Gasteiger partial charge in [-0.1, -0.05) is 0 Å². The van der Waals surface area contributed by atoms with Crippen molar-refractivity contribution < 1.29 is 9.84 Å². The fourth-order valence-electron chi connectivity index (χ4n) is 2.59. The van der Waals surface area contributed by atoms with E-state index in [2.05, 4.69) is 16.9 Å². The number of ether oxygens (including phenoxy) is 1. The molecular weight excluding hydrogens is 244 g/mol. The average Bonchev–Trinajstić information content (AvgIpc) is 2.73. The van der Waals surface area contributed by atoms with Gasteiger partial charge in [-0.3, -0.25) is 0 Å². The van der Waals surface area contributed by atoms with E-state index in [1.54, 1.807) is 0 Å². The fourth-order valence-corrected chi connectivity index (χ4v) is 2.59. The van der Waals surface area contributed by atoms with Gasteiger partial charge in [-0.15, -0.1) is 0 Å². The van der Waals surface area contributed by atoms with E-state index in [0.29, 0.717) is 6.61 Å². The molecule has 19 heavy (non-hydrogen) atoms. The Kier molecular flexibility index (Phi) is 4.66. The molecule has 108 valence electrons. The first-order valence-electron chi connectivity index (χ1n) is 6.97. The van der Waals surface area contributed by atoms with Crippen LogP contribution in [0.1, 0.15) is 25.5 Å². The van der Waals surface area contributed by atoms with Crippen LogP contribution in [0.25, 0.3) is 0 Å². The molecule has 0 atom stereocenters. The van der Waals surface area contributed by atoms with Crippen molar-refractivity contribution in [2.24, 2.45) is 0 Å². The molecule has 1 aliphatic rings. The van der Waals surface area contributed by atoms with Crippen LogP contribution in [-0.2, 0) is 11.3 Å². The zero-order chi connectivity index (χ0) is 13.8. The topological polar surface area (TPSA) is 76.5 Å². The van der Waals surface area contributed by atoms with Crippen LogP contribution >= 0.6 is 0 Å². The van der Waals surface area contributed by atoms with Crippen molar-refractivity contribution in [2.75, 3.05) is 36.9 Å². The van der Waals surface area contributed by atoms with Crippen molar-refractivity contribution in [2.45, 2.75) is 39.3 Å². The quantitative estimate of drug-likeness (QED) is 0.825. The number of rotatable bonds is 5. The lowest BCUT2D eigenvalue weighted by molar-refractivity contribution is 0.0158. The molecule has 1 aliphatic heterocycles. The van der Waals surface area contributed by atoms with Crippen molar-refractivity contribution in [3.63, 3.8) is 0 Å². The summed E-state index contributed by atoms with van der Waals surface area (Å²) in [5.74, 6) is 1.04. The van der Waals surface area contributed by atoms with E-state index in [9.17, 15) is 0 Å². The molecular formula is C13H24N4O2. The number of aryl methyl sites for hydroxylation is 2. The number of anilines is 2. The van der Waals surface area contributed by atoms with Crippen molar-refractivity contribution in [1.82, 2.24) is 9.78 Å². The van der Waals surface area contributed by atoms with E-state index in [-0.39, 0.29) is 12.7 Å². The third-order valence-electron chi connectivity index (χ3n) is 3.63. The van der Waals surface area contributed by atoms with E-state index < -0.39 is 0 Å². The minimum absolute atomic E-state index is 0.0922. The molecule has 0 unspecified atom stereocenters. The Morgan fingerprint density at radius 3 is 2.68 bits per heavy atom. The number of nitrogens with two attached hydrogens (primary N) is 1. The Morgan fingerprint density at radius 2 is 2.11 bits per heavy atom. The van der Waals surface area contributed by atoms with Crippen molar-refractivity contribution in [1.29, 1.82) is 0 Å². The van der Waals surface area contributed by atoms with Gasteiger partial charge in [0.2, 0.25) is 0 Å². The zero-order valence-corrected chi connectivity index (χ0v) is 11.8. The molecule has 1 fully saturated rings. The Labute approximate surface area is 114 Å². The normalized spacial score (nSPS) is 17.1. The number of hydrogen-bond donors (Lipinski definition) is 2. The lowest BCUT2D eigenvalue weighted by Gasteiger charge is -2.33. The number of piperidine rings is 1. The largest absolute Gasteiger partial charge is 0.394 e. The average molecular weight is 268 g/mol. The summed E-state index contributed by atoms with van der Waals surface area (Å²) >= 11 is 0. The van der Waals surface area contributed by atoms with E-state index in [1.807, 2.05) is 11.6 Å². The van der Waals surface area contributed by atoms with E-state index in [1.165, 1.54) is 0 Å². The number of aliphatic hydroxyl groups excluding tert-OH is 1. The molecule has 0 saturated carbocycles. The van der Waals surface area contributed by atoms with Gasteiger partial charge in [0.05, 0.1) is 30.7 Å². The molecule has 3 N–H and O–H groups in total. The summed E-state index contributed by atoms with van der Waals surface area (Å²) in [6.07, 6.45) is 2.18. The van der Waals surface area contributed by atoms with Crippen LogP contribution in [-0.4, -0.2) is 47.3 Å². The maximum absolute atomic E-state index is 8.77. The maximum Gasteiger partial charge on any atom is 0.150 e. The molecule has 2 rings (SSSR count). The Bertz CT molecular complexity index is 411. The highest BCUT2D eigenvalue weighted by Crippen LogP contribution is 2.29. The molecule has 0 spiro atoms. The smallest absolute Gasteiger partial charge is 0.150 e. The van der Waals surface area contributed by atoms with Gasteiger partial charge in [-0.2, -0.15) is 5.10 Å². The van der Waals surface area contributed by atoms with Gasteiger partial charge >= 0.3 is 0 Å². The molecule has 0 amide bonds.